The summed E-state index contributed by atoms with van der Waals surface area (Å²) >= 11 is 5.84. The zero-order chi connectivity index (χ0) is 29.3. The Kier molecular flexibility index (Phi) is 8.88. The van der Waals surface area contributed by atoms with Crippen LogP contribution in [0, 0.1) is 6.92 Å². The lowest BCUT2D eigenvalue weighted by Gasteiger charge is -2.22. The number of nitrogens with zero attached hydrogens (tertiary/aromatic N) is 2. The third kappa shape index (κ3) is 6.82. The minimum absolute atomic E-state index is 0.00563. The van der Waals surface area contributed by atoms with Gasteiger partial charge in [0.15, 0.2) is 9.84 Å². The van der Waals surface area contributed by atoms with Gasteiger partial charge in [-0.3, -0.25) is 4.79 Å². The molecule has 7 nitrogen and oxygen atoms in total. The zero-order valence-corrected chi connectivity index (χ0v) is 23.8. The first kappa shape index (κ1) is 30.6. The van der Waals surface area contributed by atoms with Gasteiger partial charge in [-0.05, 0) is 42.3 Å². The van der Waals surface area contributed by atoms with Crippen LogP contribution in [-0.4, -0.2) is 41.3 Å². The summed E-state index contributed by atoms with van der Waals surface area (Å²) in [7, 11) is -3.42. The average Bonchev–Trinajstić information content (AvgIpc) is 3.19. The molecule has 1 amide bonds. The predicted octanol–water partition coefficient (Wildman–Crippen LogP) is 5.47. The number of carbonyl (C=O) groups excluding carboxylic acids is 1. The number of sulfone groups is 1. The first-order valence-corrected chi connectivity index (χ1v) is 14.2. The van der Waals surface area contributed by atoms with Gasteiger partial charge in [0.1, 0.15) is 11.5 Å². The Hall–Kier alpha value is -2.89. The van der Waals surface area contributed by atoms with Crippen LogP contribution in [-0.2, 0) is 28.0 Å². The van der Waals surface area contributed by atoms with E-state index in [1.165, 1.54) is 43.3 Å². The number of imidazole rings is 1. The Morgan fingerprint density at radius 2 is 1.74 bits per heavy atom. The summed E-state index contributed by atoms with van der Waals surface area (Å²) in [5, 5.41) is 12.6. The number of aliphatic hydroxyl groups is 1. The van der Waals surface area contributed by atoms with Crippen molar-refractivity contribution in [1.82, 2.24) is 14.9 Å². The maximum absolute atomic E-state index is 13.7. The van der Waals surface area contributed by atoms with E-state index < -0.39 is 45.5 Å². The molecule has 0 radical (unpaired) electrons. The Labute approximate surface area is 230 Å². The lowest BCUT2D eigenvalue weighted by molar-refractivity contribution is -0.138. The number of aliphatic hydroxyl groups excluding tert-OH is 1. The molecule has 0 bridgehead atoms. The highest BCUT2D eigenvalue weighted by atomic mass is 35.5. The molecule has 0 saturated carbocycles. The van der Waals surface area contributed by atoms with Crippen molar-refractivity contribution in [3.05, 3.63) is 81.4 Å². The number of aromatic nitrogens is 2. The van der Waals surface area contributed by atoms with Crippen molar-refractivity contribution in [3.63, 3.8) is 0 Å². The van der Waals surface area contributed by atoms with Crippen LogP contribution < -0.4 is 5.32 Å². The Morgan fingerprint density at radius 3 is 2.26 bits per heavy atom. The highest BCUT2D eigenvalue weighted by Crippen LogP contribution is 2.35. The first-order valence-electron chi connectivity index (χ1n) is 12.2. The lowest BCUT2D eigenvalue weighted by Crippen LogP contribution is -2.31. The smallest absolute Gasteiger partial charge is 0.394 e. The van der Waals surface area contributed by atoms with Crippen LogP contribution in [0.2, 0.25) is 5.02 Å². The average molecular weight is 586 g/mol. The molecule has 1 atom stereocenters. The predicted molar refractivity (Wildman–Crippen MR) is 143 cm³/mol. The van der Waals surface area contributed by atoms with Gasteiger partial charge >= 0.3 is 6.18 Å². The fourth-order valence-corrected chi connectivity index (χ4v) is 5.23. The molecule has 2 N–H and O–H groups in total. The fourth-order valence-electron chi connectivity index (χ4n) is 4.17. The van der Waals surface area contributed by atoms with Gasteiger partial charge in [0.2, 0.25) is 0 Å². The fraction of sp³-hybridized carbons (Fsp3) is 0.407. The lowest BCUT2D eigenvalue weighted by atomic mass is 9.95. The summed E-state index contributed by atoms with van der Waals surface area (Å²) < 4.78 is 67.0. The van der Waals surface area contributed by atoms with E-state index in [0.717, 1.165) is 6.07 Å². The van der Waals surface area contributed by atoms with E-state index in [1.54, 1.807) is 11.5 Å². The molecule has 212 valence electrons. The molecule has 3 aromatic rings. The molecule has 0 aliphatic carbocycles. The minimum Gasteiger partial charge on any atom is -0.394 e. The highest BCUT2D eigenvalue weighted by molar-refractivity contribution is 7.91. The van der Waals surface area contributed by atoms with Gasteiger partial charge in [-0.2, -0.15) is 13.2 Å². The number of carbonyl (C=O) groups is 1. The van der Waals surface area contributed by atoms with E-state index in [2.05, 4.69) is 10.3 Å². The Balaban J connectivity index is 1.98. The normalized spacial score (nSPS) is 13.4. The van der Waals surface area contributed by atoms with Crippen molar-refractivity contribution in [3.8, 4) is 0 Å². The summed E-state index contributed by atoms with van der Waals surface area (Å²) in [4.78, 5) is 17.9. The molecule has 1 unspecified atom stereocenters. The number of amides is 1. The maximum Gasteiger partial charge on any atom is 0.416 e. The monoisotopic (exact) mass is 585 g/mol. The van der Waals surface area contributed by atoms with Crippen LogP contribution in [0.1, 0.15) is 72.4 Å². The van der Waals surface area contributed by atoms with E-state index in [1.807, 2.05) is 20.8 Å². The Bertz CT molecular complexity index is 1460. The van der Waals surface area contributed by atoms with Crippen LogP contribution in [0.25, 0.3) is 0 Å². The van der Waals surface area contributed by atoms with Crippen LogP contribution in [0.3, 0.4) is 0 Å². The molecule has 0 aliphatic heterocycles. The molecule has 0 fully saturated rings. The number of hydrogen-bond donors (Lipinski definition) is 2. The van der Waals surface area contributed by atoms with Gasteiger partial charge < -0.3 is 15.0 Å². The van der Waals surface area contributed by atoms with Crippen molar-refractivity contribution in [2.75, 3.05) is 12.4 Å². The summed E-state index contributed by atoms with van der Waals surface area (Å²) in [5.41, 5.74) is -0.689. The SMILES string of the molecule is CCS(=O)(=O)c1ccc(C(CO)NC(=O)c2nc(C(C)(C)C)n(Cc3ccc(Cl)cc3C(F)(F)F)c2C)cc1. The molecule has 39 heavy (non-hydrogen) atoms. The second-order valence-corrected chi connectivity index (χ2v) is 12.9. The van der Waals surface area contributed by atoms with Gasteiger partial charge in [-0.15, -0.1) is 0 Å². The second kappa shape index (κ2) is 11.3. The maximum atomic E-state index is 13.7. The third-order valence-electron chi connectivity index (χ3n) is 6.32. The molecular weight excluding hydrogens is 555 g/mol. The standard InChI is InChI=1S/C27H31ClF3N3O4S/c1-6-39(37,38)20-11-8-17(9-12-20)22(15-35)32-24(36)23-16(2)34(25(33-23)26(3,4)5)14-18-7-10-19(28)13-21(18)27(29,30)31/h7-13,22,35H,6,14-15H2,1-5H3,(H,32,36). The van der Waals surface area contributed by atoms with Crippen molar-refractivity contribution < 1.29 is 31.5 Å². The molecule has 0 saturated heterocycles. The quantitative estimate of drug-likeness (QED) is 0.365. The van der Waals surface area contributed by atoms with Crippen molar-refractivity contribution in [1.29, 1.82) is 0 Å². The third-order valence-corrected chi connectivity index (χ3v) is 8.31. The van der Waals surface area contributed by atoms with Crippen LogP contribution in [0.5, 0.6) is 0 Å². The number of benzene rings is 2. The van der Waals surface area contributed by atoms with Crippen LogP contribution in [0.4, 0.5) is 13.2 Å². The molecule has 3 rings (SSSR count). The Morgan fingerprint density at radius 1 is 1.13 bits per heavy atom. The van der Waals surface area contributed by atoms with Gasteiger partial charge in [-0.1, -0.05) is 57.5 Å². The van der Waals surface area contributed by atoms with E-state index in [4.69, 9.17) is 11.6 Å². The summed E-state index contributed by atoms with van der Waals surface area (Å²) in [6.45, 7) is 7.97. The molecule has 1 aromatic heterocycles. The number of nitrogens with one attached hydrogen (secondary N) is 1. The van der Waals surface area contributed by atoms with E-state index in [-0.39, 0.29) is 33.5 Å². The van der Waals surface area contributed by atoms with Gasteiger partial charge in [-0.25, -0.2) is 13.4 Å². The van der Waals surface area contributed by atoms with Crippen LogP contribution in [0.15, 0.2) is 47.4 Å². The molecule has 0 spiro atoms. The zero-order valence-electron chi connectivity index (χ0n) is 22.2. The number of hydrogen-bond acceptors (Lipinski definition) is 5. The number of halogens is 4. The van der Waals surface area contributed by atoms with E-state index in [9.17, 15) is 31.5 Å². The van der Waals surface area contributed by atoms with Gasteiger partial charge in [0.05, 0.1) is 28.9 Å². The molecule has 1 heterocycles. The first-order chi connectivity index (χ1) is 18.0. The van der Waals surface area contributed by atoms with Gasteiger partial charge in [0, 0.05) is 22.7 Å². The van der Waals surface area contributed by atoms with E-state index in [0.29, 0.717) is 17.1 Å². The summed E-state index contributed by atoms with van der Waals surface area (Å²) in [5.74, 6) is -0.290. The molecule has 0 aliphatic rings. The topological polar surface area (TPSA) is 101 Å². The molecule has 12 heteroatoms. The summed E-state index contributed by atoms with van der Waals surface area (Å²) in [6.07, 6.45) is -4.63. The van der Waals surface area contributed by atoms with Crippen LogP contribution >= 0.6 is 11.6 Å². The minimum atomic E-state index is -4.63. The highest BCUT2D eigenvalue weighted by Gasteiger charge is 2.35. The molecular formula is C27H31ClF3N3O4S. The number of alkyl halides is 3. The second-order valence-electron chi connectivity index (χ2n) is 10.2. The van der Waals surface area contributed by atoms with Crippen molar-refractivity contribution in [2.45, 2.75) is 63.7 Å². The van der Waals surface area contributed by atoms with Crippen molar-refractivity contribution in [2.24, 2.45) is 0 Å². The van der Waals surface area contributed by atoms with E-state index >= 15 is 0 Å². The largest absolute Gasteiger partial charge is 0.416 e. The van der Waals surface area contributed by atoms with Crippen molar-refractivity contribution >= 4 is 27.3 Å². The van der Waals surface area contributed by atoms with Gasteiger partial charge in [0.25, 0.3) is 5.91 Å². The number of rotatable bonds is 8. The summed E-state index contributed by atoms with van der Waals surface area (Å²) in [6, 6.07) is 8.52. The molecule has 2 aromatic carbocycles.